The summed E-state index contributed by atoms with van der Waals surface area (Å²) in [6, 6.07) is 9.98. The van der Waals surface area contributed by atoms with E-state index >= 15 is 0 Å². The molecule has 20 heavy (non-hydrogen) atoms. The van der Waals surface area contributed by atoms with Crippen LogP contribution < -0.4 is 0 Å². The number of aromatic nitrogens is 5. The topological polar surface area (TPSA) is 69.6 Å². The maximum Gasteiger partial charge on any atom is 0.237 e. The summed E-state index contributed by atoms with van der Waals surface area (Å²) in [5.41, 5.74) is 1.04. The summed E-state index contributed by atoms with van der Waals surface area (Å²) < 4.78 is 7.04. The van der Waals surface area contributed by atoms with Crippen molar-refractivity contribution < 1.29 is 4.52 Å². The molecule has 0 amide bonds. The average Bonchev–Trinajstić information content (AvgIpc) is 3.04. The first-order valence-corrected chi connectivity index (χ1v) is 7.09. The van der Waals surface area contributed by atoms with Crippen LogP contribution in [0.4, 0.5) is 0 Å². The second-order valence-corrected chi connectivity index (χ2v) is 5.20. The van der Waals surface area contributed by atoms with Gasteiger partial charge in [0.1, 0.15) is 0 Å². The average molecular weight is 287 g/mol. The van der Waals surface area contributed by atoms with Crippen molar-refractivity contribution in [3.8, 4) is 11.4 Å². The minimum absolute atomic E-state index is 0.585. The Balaban J connectivity index is 1.77. The van der Waals surface area contributed by atoms with Gasteiger partial charge in [0.25, 0.3) is 0 Å². The van der Waals surface area contributed by atoms with Crippen molar-refractivity contribution in [1.29, 1.82) is 0 Å². The molecule has 2 aromatic heterocycles. The maximum absolute atomic E-state index is 5.08. The summed E-state index contributed by atoms with van der Waals surface area (Å²) >= 11 is 1.52. The fourth-order valence-corrected chi connectivity index (χ4v) is 2.55. The summed E-state index contributed by atoms with van der Waals surface area (Å²) in [6.45, 7) is 1.80. The van der Waals surface area contributed by atoms with Gasteiger partial charge in [0, 0.05) is 12.6 Å². The molecule has 0 bridgehead atoms. The lowest BCUT2D eigenvalue weighted by Gasteiger charge is -2.02. The number of rotatable bonds is 4. The molecule has 0 unspecified atom stereocenters. The molecule has 0 saturated heterocycles. The smallest absolute Gasteiger partial charge is 0.237 e. The van der Waals surface area contributed by atoms with Crippen LogP contribution in [0.3, 0.4) is 0 Å². The van der Waals surface area contributed by atoms with Crippen LogP contribution in [0.1, 0.15) is 11.7 Å². The zero-order valence-electron chi connectivity index (χ0n) is 11.1. The zero-order valence-corrected chi connectivity index (χ0v) is 12.0. The quantitative estimate of drug-likeness (QED) is 0.687. The summed E-state index contributed by atoms with van der Waals surface area (Å²) in [7, 11) is 1.95. The number of nitrogens with zero attached hydrogens (tertiary/aromatic N) is 5. The summed E-state index contributed by atoms with van der Waals surface area (Å²) in [4.78, 5) is 4.16. The van der Waals surface area contributed by atoms with Crippen molar-refractivity contribution in [3.05, 3.63) is 42.0 Å². The fourth-order valence-electron chi connectivity index (χ4n) is 1.80. The molecule has 0 N–H and O–H groups in total. The first kappa shape index (κ1) is 12.9. The molecule has 102 valence electrons. The van der Waals surface area contributed by atoms with E-state index in [-0.39, 0.29) is 0 Å². The van der Waals surface area contributed by atoms with Crippen LogP contribution in [0.5, 0.6) is 0 Å². The van der Waals surface area contributed by atoms with E-state index in [9.17, 15) is 0 Å². The Hall–Kier alpha value is -2.15. The van der Waals surface area contributed by atoms with E-state index in [1.807, 2.05) is 41.9 Å². The molecule has 3 aromatic rings. The Kier molecular flexibility index (Phi) is 3.51. The van der Waals surface area contributed by atoms with Gasteiger partial charge in [-0.15, -0.1) is 10.2 Å². The molecule has 0 aliphatic rings. The Bertz CT molecular complexity index is 707. The van der Waals surface area contributed by atoms with Gasteiger partial charge in [-0.2, -0.15) is 4.98 Å². The third-order valence-electron chi connectivity index (χ3n) is 2.76. The van der Waals surface area contributed by atoms with E-state index in [0.717, 1.165) is 16.5 Å². The number of thioether (sulfide) groups is 1. The molecule has 0 atom stereocenters. The monoisotopic (exact) mass is 287 g/mol. The zero-order chi connectivity index (χ0) is 13.9. The normalized spacial score (nSPS) is 10.9. The fraction of sp³-hybridized carbons (Fsp3) is 0.231. The standard InChI is InChI=1S/C13H13N5OS/c1-9-14-11(19-17-9)8-20-13-16-15-12(18(13)2)10-6-4-3-5-7-10/h3-7H,8H2,1-2H3. The van der Waals surface area contributed by atoms with E-state index < -0.39 is 0 Å². The predicted octanol–water partition coefficient (Wildman–Crippen LogP) is 2.47. The second kappa shape index (κ2) is 5.46. The van der Waals surface area contributed by atoms with Gasteiger partial charge < -0.3 is 9.09 Å². The molecule has 3 rings (SSSR count). The third kappa shape index (κ3) is 2.57. The van der Waals surface area contributed by atoms with Crippen LogP contribution in [0, 0.1) is 6.92 Å². The number of benzene rings is 1. The van der Waals surface area contributed by atoms with Gasteiger partial charge in [-0.25, -0.2) is 0 Å². The van der Waals surface area contributed by atoms with E-state index in [1.54, 1.807) is 6.92 Å². The number of hydrogen-bond donors (Lipinski definition) is 0. The molecule has 0 aliphatic heterocycles. The van der Waals surface area contributed by atoms with E-state index in [2.05, 4.69) is 20.3 Å². The molecule has 7 heteroatoms. The van der Waals surface area contributed by atoms with E-state index in [0.29, 0.717) is 17.5 Å². The molecule has 0 spiro atoms. The highest BCUT2D eigenvalue weighted by atomic mass is 32.2. The molecule has 0 saturated carbocycles. The summed E-state index contributed by atoms with van der Waals surface area (Å²) in [5.74, 6) is 2.66. The second-order valence-electron chi connectivity index (χ2n) is 4.26. The van der Waals surface area contributed by atoms with Crippen molar-refractivity contribution in [2.45, 2.75) is 17.8 Å². The Morgan fingerprint density at radius 2 is 2.00 bits per heavy atom. The Labute approximate surface area is 120 Å². The van der Waals surface area contributed by atoms with Crippen LogP contribution in [-0.2, 0) is 12.8 Å². The lowest BCUT2D eigenvalue weighted by atomic mass is 10.2. The van der Waals surface area contributed by atoms with Gasteiger partial charge in [0.2, 0.25) is 5.89 Å². The van der Waals surface area contributed by atoms with Crippen molar-refractivity contribution in [3.63, 3.8) is 0 Å². The molecule has 1 aromatic carbocycles. The Morgan fingerprint density at radius 1 is 1.20 bits per heavy atom. The van der Waals surface area contributed by atoms with Crippen LogP contribution in [0.25, 0.3) is 11.4 Å². The lowest BCUT2D eigenvalue weighted by molar-refractivity contribution is 0.387. The van der Waals surface area contributed by atoms with Crippen LogP contribution in [0.2, 0.25) is 0 Å². The molecule has 0 fully saturated rings. The van der Waals surface area contributed by atoms with Gasteiger partial charge in [-0.1, -0.05) is 47.3 Å². The van der Waals surface area contributed by atoms with E-state index in [4.69, 9.17) is 4.52 Å². The van der Waals surface area contributed by atoms with Gasteiger partial charge in [0.15, 0.2) is 16.8 Å². The molecular weight excluding hydrogens is 274 g/mol. The van der Waals surface area contributed by atoms with Crippen molar-refractivity contribution in [2.75, 3.05) is 0 Å². The number of aryl methyl sites for hydroxylation is 1. The minimum Gasteiger partial charge on any atom is -0.338 e. The summed E-state index contributed by atoms with van der Waals surface area (Å²) in [5, 5.41) is 13.0. The predicted molar refractivity (Wildman–Crippen MR) is 75.0 cm³/mol. The molecule has 6 nitrogen and oxygen atoms in total. The van der Waals surface area contributed by atoms with Gasteiger partial charge in [-0.3, -0.25) is 0 Å². The van der Waals surface area contributed by atoms with Gasteiger partial charge in [-0.05, 0) is 6.92 Å². The largest absolute Gasteiger partial charge is 0.338 e. The SMILES string of the molecule is Cc1noc(CSc2nnc(-c3ccccc3)n2C)n1. The van der Waals surface area contributed by atoms with Crippen molar-refractivity contribution >= 4 is 11.8 Å². The Morgan fingerprint density at radius 3 is 2.70 bits per heavy atom. The highest BCUT2D eigenvalue weighted by Gasteiger charge is 2.12. The molecular formula is C13H13N5OS. The van der Waals surface area contributed by atoms with Crippen LogP contribution >= 0.6 is 11.8 Å². The lowest BCUT2D eigenvalue weighted by Crippen LogP contribution is -1.95. The van der Waals surface area contributed by atoms with Gasteiger partial charge >= 0.3 is 0 Å². The molecule has 0 radical (unpaired) electrons. The highest BCUT2D eigenvalue weighted by Crippen LogP contribution is 2.24. The first-order valence-electron chi connectivity index (χ1n) is 6.11. The van der Waals surface area contributed by atoms with Crippen molar-refractivity contribution in [2.24, 2.45) is 7.05 Å². The first-order chi connectivity index (χ1) is 9.74. The van der Waals surface area contributed by atoms with Gasteiger partial charge in [0.05, 0.1) is 5.75 Å². The maximum atomic E-state index is 5.08. The van der Waals surface area contributed by atoms with E-state index in [1.165, 1.54) is 11.8 Å². The molecule has 0 aliphatic carbocycles. The minimum atomic E-state index is 0.585. The van der Waals surface area contributed by atoms with Crippen molar-refractivity contribution in [1.82, 2.24) is 24.9 Å². The highest BCUT2D eigenvalue weighted by molar-refractivity contribution is 7.98. The molecule has 2 heterocycles. The summed E-state index contributed by atoms with van der Waals surface area (Å²) in [6.07, 6.45) is 0. The number of hydrogen-bond acceptors (Lipinski definition) is 6. The van der Waals surface area contributed by atoms with Crippen LogP contribution in [0.15, 0.2) is 40.0 Å². The third-order valence-corrected chi connectivity index (χ3v) is 3.77. The van der Waals surface area contributed by atoms with Crippen LogP contribution in [-0.4, -0.2) is 24.9 Å².